The van der Waals surface area contributed by atoms with E-state index >= 15 is 0 Å². The molecule has 0 spiro atoms. The smallest absolute Gasteiger partial charge is 0.248 e. The van der Waals surface area contributed by atoms with Crippen LogP contribution in [0.1, 0.15) is 18.6 Å². The fourth-order valence-corrected chi connectivity index (χ4v) is 5.20. The summed E-state index contributed by atoms with van der Waals surface area (Å²) in [6.45, 7) is 7.10. The summed E-state index contributed by atoms with van der Waals surface area (Å²) in [6, 6.07) is 13.8. The number of nitrogens with one attached hydrogen (secondary N) is 2. The van der Waals surface area contributed by atoms with E-state index in [1.807, 2.05) is 24.3 Å². The Morgan fingerprint density at radius 1 is 0.533 bits per heavy atom. The van der Waals surface area contributed by atoms with Gasteiger partial charge < -0.3 is 39.1 Å². The lowest BCUT2D eigenvalue weighted by Gasteiger charge is -2.24. The molecule has 4 N–H and O–H groups in total. The molecule has 0 saturated carbocycles. The normalized spacial score (nSPS) is 17.4. The Balaban J connectivity index is 0.00000461. The third kappa shape index (κ3) is 9.60. The molecule has 5 rings (SSSR count). The van der Waals surface area contributed by atoms with Crippen molar-refractivity contribution >= 4 is 21.8 Å². The summed E-state index contributed by atoms with van der Waals surface area (Å²) >= 11 is 0. The fourth-order valence-electron chi connectivity index (χ4n) is 5.20. The van der Waals surface area contributed by atoms with Gasteiger partial charge in [-0.3, -0.25) is 19.4 Å². The summed E-state index contributed by atoms with van der Waals surface area (Å²) in [4.78, 5) is 33.3. The largest absolute Gasteiger partial charge is 0.505 e. The highest BCUT2D eigenvalue weighted by molar-refractivity contribution is 5.86. The van der Waals surface area contributed by atoms with Gasteiger partial charge in [-0.05, 0) is 12.1 Å². The Bertz CT molecular complexity index is 1500. The lowest BCUT2D eigenvalue weighted by Crippen LogP contribution is -2.32. The van der Waals surface area contributed by atoms with Gasteiger partial charge in [0.05, 0.1) is 63.9 Å². The third-order valence-corrected chi connectivity index (χ3v) is 7.65. The number of hydrogen-bond acceptors (Lipinski definition) is 10. The van der Waals surface area contributed by atoms with Crippen molar-refractivity contribution in [3.8, 4) is 11.5 Å². The minimum atomic E-state index is -0.261. The maximum Gasteiger partial charge on any atom is 0.248 e. The molecule has 12 heteroatoms. The quantitative estimate of drug-likeness (QED) is 0.267. The molecule has 244 valence electrons. The number of nitrogens with zero attached hydrogens (tertiary/aromatic N) is 2. The molecule has 2 aromatic carbocycles. The molecule has 4 aromatic rings. The Morgan fingerprint density at radius 3 is 1.22 bits per heavy atom. The second-order valence-electron chi connectivity index (χ2n) is 10.7. The maximum atomic E-state index is 11.8. The summed E-state index contributed by atoms with van der Waals surface area (Å²) in [5.74, 6) is 0.145. The molecule has 12 nitrogen and oxygen atoms in total. The number of aromatic hydroxyl groups is 2. The minimum absolute atomic E-state index is 0. The van der Waals surface area contributed by atoms with Crippen LogP contribution in [0, 0.1) is 0 Å². The zero-order valence-electron chi connectivity index (χ0n) is 24.8. The van der Waals surface area contributed by atoms with Gasteiger partial charge in [0.1, 0.15) is 11.5 Å². The zero-order chi connectivity index (χ0) is 30.7. The topological polar surface area (TPSA) is 150 Å². The highest BCUT2D eigenvalue weighted by atomic mass is 16.5. The number of aromatic nitrogens is 2. The van der Waals surface area contributed by atoms with Crippen molar-refractivity contribution in [2.45, 2.75) is 20.5 Å². The summed E-state index contributed by atoms with van der Waals surface area (Å²) in [5.41, 5.74) is 1.77. The van der Waals surface area contributed by atoms with E-state index in [0.29, 0.717) is 114 Å². The second kappa shape index (κ2) is 17.1. The van der Waals surface area contributed by atoms with Crippen molar-refractivity contribution in [2.75, 3.05) is 79.0 Å². The number of benzene rings is 2. The third-order valence-electron chi connectivity index (χ3n) is 7.65. The van der Waals surface area contributed by atoms with Gasteiger partial charge in [-0.2, -0.15) is 0 Å². The van der Waals surface area contributed by atoms with Crippen LogP contribution in [0.3, 0.4) is 0 Å². The maximum absolute atomic E-state index is 11.8. The van der Waals surface area contributed by atoms with Crippen molar-refractivity contribution in [3.05, 3.63) is 80.4 Å². The first-order chi connectivity index (χ1) is 21.5. The number of phenols is 2. The van der Waals surface area contributed by atoms with Crippen LogP contribution in [-0.2, 0) is 32.0 Å². The molecule has 0 unspecified atom stereocenters. The predicted molar refractivity (Wildman–Crippen MR) is 173 cm³/mol. The standard InChI is InChI=1S/C32H40N4O8.CH4/c37-27-7-5-23-1-3-25(31(39)29(23)33-27)21-35-9-13-41-17-19-43-15-11-36(12-16-44-20-18-42-14-10-35)22-26-4-2-24-6-8-28(38)34-30(24)32(26)40;/h1-8,39-40H,9-22H2,(H,33,37)(H,34,38);1H4. The minimum Gasteiger partial charge on any atom is -0.505 e. The van der Waals surface area contributed by atoms with Gasteiger partial charge in [0.25, 0.3) is 0 Å². The van der Waals surface area contributed by atoms with Crippen LogP contribution in [0.2, 0.25) is 0 Å². The van der Waals surface area contributed by atoms with Crippen molar-refractivity contribution in [1.29, 1.82) is 0 Å². The van der Waals surface area contributed by atoms with Gasteiger partial charge in [0.15, 0.2) is 0 Å². The van der Waals surface area contributed by atoms with Gasteiger partial charge in [-0.1, -0.05) is 31.7 Å². The average Bonchev–Trinajstić information content (AvgIpc) is 3.02. The molecule has 1 saturated heterocycles. The lowest BCUT2D eigenvalue weighted by atomic mass is 10.1. The lowest BCUT2D eigenvalue weighted by molar-refractivity contribution is 0.00612. The van der Waals surface area contributed by atoms with Crippen molar-refractivity contribution in [2.24, 2.45) is 0 Å². The number of pyridine rings is 2. The summed E-state index contributed by atoms with van der Waals surface area (Å²) in [5, 5.41) is 23.2. The average molecular weight is 625 g/mol. The van der Waals surface area contributed by atoms with E-state index in [4.69, 9.17) is 18.9 Å². The molecule has 0 amide bonds. The van der Waals surface area contributed by atoms with E-state index in [1.54, 1.807) is 12.1 Å². The molecule has 0 radical (unpaired) electrons. The van der Waals surface area contributed by atoms with Crippen LogP contribution in [0.25, 0.3) is 21.8 Å². The van der Waals surface area contributed by atoms with Crippen LogP contribution < -0.4 is 11.1 Å². The van der Waals surface area contributed by atoms with E-state index < -0.39 is 0 Å². The molecule has 0 aliphatic carbocycles. The Labute approximate surface area is 262 Å². The molecule has 0 atom stereocenters. The number of H-pyrrole nitrogens is 2. The summed E-state index contributed by atoms with van der Waals surface area (Å²) < 4.78 is 23.4. The van der Waals surface area contributed by atoms with Crippen molar-refractivity contribution in [1.82, 2.24) is 19.8 Å². The van der Waals surface area contributed by atoms with E-state index in [2.05, 4.69) is 19.8 Å². The molecule has 45 heavy (non-hydrogen) atoms. The van der Waals surface area contributed by atoms with Crippen molar-refractivity contribution in [3.63, 3.8) is 0 Å². The molecular formula is C33H44N4O8. The summed E-state index contributed by atoms with van der Waals surface area (Å²) in [7, 11) is 0. The Morgan fingerprint density at radius 2 is 0.867 bits per heavy atom. The molecule has 1 aliphatic heterocycles. The predicted octanol–water partition coefficient (Wildman–Crippen LogP) is 2.80. The fraction of sp³-hybridized carbons (Fsp3) is 0.455. The molecule has 2 aromatic heterocycles. The van der Waals surface area contributed by atoms with Crippen LogP contribution in [0.5, 0.6) is 11.5 Å². The van der Waals surface area contributed by atoms with Gasteiger partial charge in [0.2, 0.25) is 11.1 Å². The van der Waals surface area contributed by atoms with E-state index in [9.17, 15) is 19.8 Å². The van der Waals surface area contributed by atoms with Gasteiger partial charge in [0, 0.05) is 73.3 Å². The Kier molecular flexibility index (Phi) is 12.9. The molecule has 0 bridgehead atoms. The summed E-state index contributed by atoms with van der Waals surface area (Å²) in [6.07, 6.45) is 0. The zero-order valence-corrected chi connectivity index (χ0v) is 24.8. The second-order valence-corrected chi connectivity index (χ2v) is 10.7. The van der Waals surface area contributed by atoms with Gasteiger partial charge in [-0.25, -0.2) is 0 Å². The SMILES string of the molecule is C.O=c1ccc2ccc(CN3CCOCCOCCN(Cc4ccc5ccc(=O)[nH]c5c4O)CCOCCOCC3)c(O)c2[nH]1. The van der Waals surface area contributed by atoms with Crippen molar-refractivity contribution < 1.29 is 29.2 Å². The Hall–Kier alpha value is -3.78. The molecular weight excluding hydrogens is 580 g/mol. The van der Waals surface area contributed by atoms with Gasteiger partial charge >= 0.3 is 0 Å². The highest BCUT2D eigenvalue weighted by Gasteiger charge is 2.15. The van der Waals surface area contributed by atoms with E-state index in [0.717, 1.165) is 10.8 Å². The number of fused-ring (bicyclic) bond motifs is 2. The number of ether oxygens (including phenoxy) is 4. The molecule has 1 fully saturated rings. The number of rotatable bonds is 4. The first kappa shape index (κ1) is 34.1. The monoisotopic (exact) mass is 624 g/mol. The van der Waals surface area contributed by atoms with Crippen LogP contribution >= 0.6 is 0 Å². The van der Waals surface area contributed by atoms with E-state index in [1.165, 1.54) is 12.1 Å². The van der Waals surface area contributed by atoms with Gasteiger partial charge in [-0.15, -0.1) is 0 Å². The molecule has 1 aliphatic rings. The first-order valence-electron chi connectivity index (χ1n) is 14.9. The first-order valence-corrected chi connectivity index (χ1v) is 14.9. The number of hydrogen-bond donors (Lipinski definition) is 4. The van der Waals surface area contributed by atoms with E-state index in [-0.39, 0.29) is 30.0 Å². The van der Waals surface area contributed by atoms with Crippen LogP contribution in [0.4, 0.5) is 0 Å². The van der Waals surface area contributed by atoms with Crippen LogP contribution in [-0.4, -0.2) is 109 Å². The molecule has 3 heterocycles. The van der Waals surface area contributed by atoms with Crippen LogP contribution in [0.15, 0.2) is 58.1 Å². The number of phenolic OH excluding ortho intramolecular Hbond substituents is 2. The highest BCUT2D eigenvalue weighted by Crippen LogP contribution is 2.28. The number of aromatic amines is 2.